The van der Waals surface area contributed by atoms with Crippen molar-refractivity contribution in [1.29, 1.82) is 0 Å². The zero-order chi connectivity index (χ0) is 16.8. The Morgan fingerprint density at radius 3 is 2.27 bits per heavy atom. The lowest BCUT2D eigenvalue weighted by atomic mass is 9.80. The summed E-state index contributed by atoms with van der Waals surface area (Å²) in [4.78, 5) is 24.7. The lowest BCUT2D eigenvalue weighted by molar-refractivity contribution is -0.126. The summed E-state index contributed by atoms with van der Waals surface area (Å²) < 4.78 is 0. The first kappa shape index (κ1) is 19.0. The number of rotatable bonds is 6. The van der Waals surface area contributed by atoms with E-state index in [0.717, 1.165) is 13.0 Å². The highest BCUT2D eigenvalue weighted by Crippen LogP contribution is 2.24. The number of hydrogen-bond acceptors (Lipinski definition) is 2. The standard InChI is InChI=1S/C18H34N2O2.2H2/c1-6-13(2)15(21)16(18(3,4)5)20-17(22)19-12-14-10-8-7-9-11-14;;/h13-14,16H,6-12H2,1-5H3,(H2,19,20,22);2*1H. The van der Waals surface area contributed by atoms with Gasteiger partial charge in [0.25, 0.3) is 0 Å². The van der Waals surface area contributed by atoms with Crippen molar-refractivity contribution in [3.8, 4) is 0 Å². The van der Waals surface area contributed by atoms with Gasteiger partial charge in [-0.05, 0) is 30.6 Å². The molecule has 22 heavy (non-hydrogen) atoms. The Labute approximate surface area is 138 Å². The van der Waals surface area contributed by atoms with Gasteiger partial charge in [-0.1, -0.05) is 53.9 Å². The molecule has 2 unspecified atom stereocenters. The fourth-order valence-corrected chi connectivity index (χ4v) is 3.01. The molecule has 0 saturated heterocycles. The van der Waals surface area contributed by atoms with Crippen LogP contribution in [0.15, 0.2) is 0 Å². The average molecular weight is 315 g/mol. The van der Waals surface area contributed by atoms with Crippen LogP contribution in [-0.4, -0.2) is 24.4 Å². The Morgan fingerprint density at radius 2 is 1.77 bits per heavy atom. The van der Waals surface area contributed by atoms with Crippen molar-refractivity contribution in [2.45, 2.75) is 79.2 Å². The summed E-state index contributed by atoms with van der Waals surface area (Å²) >= 11 is 0. The van der Waals surface area contributed by atoms with Crippen molar-refractivity contribution in [2.75, 3.05) is 6.54 Å². The number of nitrogens with one attached hydrogen (secondary N) is 2. The van der Waals surface area contributed by atoms with Crippen LogP contribution in [-0.2, 0) is 4.79 Å². The molecule has 1 saturated carbocycles. The minimum absolute atomic E-state index is 0. The van der Waals surface area contributed by atoms with E-state index < -0.39 is 6.04 Å². The highest BCUT2D eigenvalue weighted by molar-refractivity contribution is 5.90. The van der Waals surface area contributed by atoms with Gasteiger partial charge in [0.1, 0.15) is 0 Å². The molecule has 1 fully saturated rings. The Kier molecular flexibility index (Phi) is 7.37. The third-order valence-corrected chi connectivity index (χ3v) is 4.80. The lowest BCUT2D eigenvalue weighted by Crippen LogP contribution is -2.54. The number of ketones is 1. The highest BCUT2D eigenvalue weighted by Gasteiger charge is 2.34. The van der Waals surface area contributed by atoms with Gasteiger partial charge in [-0.2, -0.15) is 0 Å². The second kappa shape index (κ2) is 8.54. The smallest absolute Gasteiger partial charge is 0.315 e. The highest BCUT2D eigenvalue weighted by atomic mass is 16.2. The topological polar surface area (TPSA) is 58.2 Å². The van der Waals surface area contributed by atoms with Crippen molar-refractivity contribution in [1.82, 2.24) is 10.6 Å². The van der Waals surface area contributed by atoms with E-state index in [-0.39, 0.29) is 26.0 Å². The van der Waals surface area contributed by atoms with Crippen LogP contribution in [0, 0.1) is 17.3 Å². The molecular weight excluding hydrogens is 276 g/mol. The van der Waals surface area contributed by atoms with Gasteiger partial charge in [0, 0.05) is 15.3 Å². The van der Waals surface area contributed by atoms with E-state index in [2.05, 4.69) is 10.6 Å². The molecule has 0 spiro atoms. The average Bonchev–Trinajstić information content (AvgIpc) is 2.49. The van der Waals surface area contributed by atoms with Crippen LogP contribution in [0.5, 0.6) is 0 Å². The van der Waals surface area contributed by atoms with Crippen LogP contribution in [0.1, 0.15) is 76.0 Å². The number of carbonyl (C=O) groups is 2. The molecule has 4 heteroatoms. The predicted molar refractivity (Wildman–Crippen MR) is 95.0 cm³/mol. The second-order valence-corrected chi connectivity index (χ2v) is 7.87. The summed E-state index contributed by atoms with van der Waals surface area (Å²) in [6.45, 7) is 10.7. The fraction of sp³-hybridized carbons (Fsp3) is 0.889. The molecule has 0 aromatic heterocycles. The normalized spacial score (nSPS) is 19.3. The predicted octanol–water partition coefficient (Wildman–Crippen LogP) is 4.39. The zero-order valence-corrected chi connectivity index (χ0v) is 15.0. The van der Waals surface area contributed by atoms with Gasteiger partial charge < -0.3 is 10.6 Å². The van der Waals surface area contributed by atoms with Gasteiger partial charge >= 0.3 is 6.03 Å². The summed E-state index contributed by atoms with van der Waals surface area (Å²) in [5, 5.41) is 5.88. The summed E-state index contributed by atoms with van der Waals surface area (Å²) in [6.07, 6.45) is 7.06. The maximum Gasteiger partial charge on any atom is 0.315 e. The number of amides is 2. The van der Waals surface area contributed by atoms with Crippen LogP contribution < -0.4 is 10.6 Å². The maximum atomic E-state index is 12.5. The Hall–Kier alpha value is -1.06. The Balaban J connectivity index is 0. The van der Waals surface area contributed by atoms with E-state index in [1.54, 1.807) is 0 Å². The van der Waals surface area contributed by atoms with Crippen molar-refractivity contribution in [2.24, 2.45) is 17.3 Å². The monoisotopic (exact) mass is 314 g/mol. The fourth-order valence-electron chi connectivity index (χ4n) is 3.01. The molecule has 1 aliphatic carbocycles. The van der Waals surface area contributed by atoms with E-state index in [4.69, 9.17) is 0 Å². The Morgan fingerprint density at radius 1 is 1.18 bits per heavy atom. The van der Waals surface area contributed by atoms with Gasteiger partial charge in [-0.15, -0.1) is 0 Å². The summed E-state index contributed by atoms with van der Waals surface area (Å²) in [5.41, 5.74) is -0.275. The molecule has 0 aromatic rings. The minimum Gasteiger partial charge on any atom is -0.338 e. The van der Waals surface area contributed by atoms with Gasteiger partial charge in [-0.3, -0.25) is 4.79 Å². The summed E-state index contributed by atoms with van der Waals surface area (Å²) in [7, 11) is 0. The van der Waals surface area contributed by atoms with Gasteiger partial charge in [0.2, 0.25) is 0 Å². The van der Waals surface area contributed by atoms with Crippen molar-refractivity contribution >= 4 is 11.8 Å². The first-order valence-corrected chi connectivity index (χ1v) is 8.83. The lowest BCUT2D eigenvalue weighted by Gasteiger charge is -2.32. The van der Waals surface area contributed by atoms with Crippen LogP contribution >= 0.6 is 0 Å². The van der Waals surface area contributed by atoms with Crippen molar-refractivity contribution in [3.05, 3.63) is 0 Å². The van der Waals surface area contributed by atoms with Crippen LogP contribution in [0.3, 0.4) is 0 Å². The molecule has 132 valence electrons. The minimum atomic E-state index is -0.436. The second-order valence-electron chi connectivity index (χ2n) is 7.87. The van der Waals surface area contributed by atoms with E-state index in [1.165, 1.54) is 32.1 Å². The summed E-state index contributed by atoms with van der Waals surface area (Å²) in [5.74, 6) is 0.698. The van der Waals surface area contributed by atoms with E-state index in [1.807, 2.05) is 34.6 Å². The molecular formula is C18H38N2O2. The molecule has 0 aliphatic heterocycles. The summed E-state index contributed by atoms with van der Waals surface area (Å²) in [6, 6.07) is -0.643. The quantitative estimate of drug-likeness (QED) is 0.764. The zero-order valence-electron chi connectivity index (χ0n) is 15.0. The van der Waals surface area contributed by atoms with Gasteiger partial charge in [0.05, 0.1) is 6.04 Å². The maximum absolute atomic E-state index is 12.5. The Bertz CT molecular complexity index is 378. The third kappa shape index (κ3) is 5.98. The molecule has 0 bridgehead atoms. The first-order valence-electron chi connectivity index (χ1n) is 8.83. The molecule has 0 heterocycles. The van der Waals surface area contributed by atoms with Crippen LogP contribution in [0.2, 0.25) is 0 Å². The van der Waals surface area contributed by atoms with E-state index in [0.29, 0.717) is 5.92 Å². The van der Waals surface area contributed by atoms with E-state index >= 15 is 0 Å². The van der Waals surface area contributed by atoms with Crippen LogP contribution in [0.4, 0.5) is 4.79 Å². The molecule has 1 rings (SSSR count). The van der Waals surface area contributed by atoms with E-state index in [9.17, 15) is 9.59 Å². The number of urea groups is 1. The largest absolute Gasteiger partial charge is 0.338 e. The third-order valence-electron chi connectivity index (χ3n) is 4.80. The van der Waals surface area contributed by atoms with Crippen molar-refractivity contribution < 1.29 is 12.4 Å². The molecule has 0 aromatic carbocycles. The molecule has 2 atom stereocenters. The number of carbonyl (C=O) groups excluding carboxylic acids is 2. The first-order chi connectivity index (χ1) is 10.3. The van der Waals surface area contributed by atoms with Crippen LogP contribution in [0.25, 0.3) is 0 Å². The van der Waals surface area contributed by atoms with Gasteiger partial charge in [-0.25, -0.2) is 4.79 Å². The number of Topliss-reactive ketones (excluding diaryl/α,β-unsaturated/α-hetero) is 1. The molecule has 2 N–H and O–H groups in total. The molecule has 4 nitrogen and oxygen atoms in total. The van der Waals surface area contributed by atoms with Crippen molar-refractivity contribution in [3.63, 3.8) is 0 Å². The van der Waals surface area contributed by atoms with Gasteiger partial charge in [0.15, 0.2) is 5.78 Å². The molecule has 0 radical (unpaired) electrons. The molecule has 2 amide bonds. The number of hydrogen-bond donors (Lipinski definition) is 2. The SMILES string of the molecule is CCC(C)C(=O)C(NC(=O)NCC1CCCCC1)C(C)(C)C.[HH].[HH]. The molecule has 1 aliphatic rings.